The molecular weight excluding hydrogens is 530 g/mol. The van der Waals surface area contributed by atoms with Gasteiger partial charge in [0.15, 0.2) is 0 Å². The second-order valence-corrected chi connectivity index (χ2v) is 12.5. The Kier molecular flexibility index (Phi) is 10.6. The fourth-order valence-electron chi connectivity index (χ4n) is 5.59. The number of carbonyl (C=O) groups excluding carboxylic acids is 1. The lowest BCUT2D eigenvalue weighted by Gasteiger charge is -2.36. The first-order valence-corrected chi connectivity index (χ1v) is 15.6. The largest absolute Gasteiger partial charge is 0.497 e. The maximum absolute atomic E-state index is 13.8. The van der Waals surface area contributed by atoms with E-state index in [9.17, 15) is 13.2 Å². The predicted molar refractivity (Wildman–Crippen MR) is 154 cm³/mol. The Bertz CT molecular complexity index is 1210. The number of aryl methyl sites for hydroxylation is 2. The summed E-state index contributed by atoms with van der Waals surface area (Å²) in [7, 11) is -2.18. The van der Waals surface area contributed by atoms with Gasteiger partial charge in [0.2, 0.25) is 15.9 Å². The fourth-order valence-corrected chi connectivity index (χ4v) is 7.69. The Morgan fingerprint density at radius 1 is 1.07 bits per heavy atom. The summed E-state index contributed by atoms with van der Waals surface area (Å²) in [4.78, 5) is 15.9. The van der Waals surface area contributed by atoms with Crippen molar-refractivity contribution in [1.29, 1.82) is 0 Å². The van der Waals surface area contributed by atoms with E-state index in [0.29, 0.717) is 54.5 Å². The lowest BCUT2D eigenvalue weighted by Crippen LogP contribution is -2.48. The molecule has 1 N–H and O–H groups in total. The highest BCUT2D eigenvalue weighted by atomic mass is 32.2. The average molecular weight is 574 g/mol. The molecule has 0 radical (unpaired) electrons. The van der Waals surface area contributed by atoms with Gasteiger partial charge >= 0.3 is 0 Å². The molecule has 2 saturated heterocycles. The van der Waals surface area contributed by atoms with Crippen LogP contribution in [-0.2, 0) is 24.3 Å². The van der Waals surface area contributed by atoms with Crippen LogP contribution in [0.3, 0.4) is 0 Å². The van der Waals surface area contributed by atoms with Crippen molar-refractivity contribution < 1.29 is 27.4 Å². The smallest absolute Gasteiger partial charge is 0.249 e. The van der Waals surface area contributed by atoms with E-state index >= 15 is 0 Å². The van der Waals surface area contributed by atoms with Gasteiger partial charge in [-0.1, -0.05) is 36.8 Å². The summed E-state index contributed by atoms with van der Waals surface area (Å²) >= 11 is 0. The Hall–Kier alpha value is -2.50. The van der Waals surface area contributed by atoms with Crippen LogP contribution in [0.2, 0.25) is 0 Å². The van der Waals surface area contributed by atoms with Gasteiger partial charge < -0.3 is 19.5 Å². The molecule has 2 aromatic carbocycles. The molecule has 2 heterocycles. The quantitative estimate of drug-likeness (QED) is 0.440. The second kappa shape index (κ2) is 13.9. The number of benzene rings is 2. The minimum Gasteiger partial charge on any atom is -0.497 e. The van der Waals surface area contributed by atoms with E-state index in [-0.39, 0.29) is 24.6 Å². The molecule has 2 aromatic rings. The zero-order valence-electron chi connectivity index (χ0n) is 24.1. The van der Waals surface area contributed by atoms with Crippen molar-refractivity contribution in [3.05, 3.63) is 59.2 Å². The van der Waals surface area contributed by atoms with Gasteiger partial charge in [-0.3, -0.25) is 9.69 Å². The summed E-state index contributed by atoms with van der Waals surface area (Å²) in [5, 5.41) is 3.17. The van der Waals surface area contributed by atoms with Gasteiger partial charge in [-0.25, -0.2) is 8.42 Å². The number of nitrogens with one attached hydrogen (secondary N) is 1. The zero-order valence-corrected chi connectivity index (χ0v) is 24.9. The van der Waals surface area contributed by atoms with Gasteiger partial charge in [-0.15, -0.1) is 0 Å². The molecule has 10 heteroatoms. The molecule has 2 fully saturated rings. The highest BCUT2D eigenvalue weighted by molar-refractivity contribution is 7.89. The summed E-state index contributed by atoms with van der Waals surface area (Å²) in [5.74, 6) is 0.420. The third-order valence-corrected chi connectivity index (χ3v) is 10.0. The highest BCUT2D eigenvalue weighted by Crippen LogP contribution is 2.32. The number of rotatable bonds is 11. The summed E-state index contributed by atoms with van der Waals surface area (Å²) < 4.78 is 46.1. The maximum atomic E-state index is 13.8. The molecule has 2 aliphatic heterocycles. The third kappa shape index (κ3) is 7.41. The van der Waals surface area contributed by atoms with Crippen molar-refractivity contribution in [3.63, 3.8) is 0 Å². The number of piperidine rings is 1. The molecule has 3 atom stereocenters. The normalized spacial score (nSPS) is 20.6. The maximum Gasteiger partial charge on any atom is 0.249 e. The Morgan fingerprint density at radius 2 is 1.75 bits per heavy atom. The zero-order chi connectivity index (χ0) is 28.7. The molecule has 2 aliphatic rings. The molecule has 0 saturated carbocycles. The van der Waals surface area contributed by atoms with Gasteiger partial charge in [-0.05, 0) is 62.4 Å². The number of amides is 1. The molecule has 40 heavy (non-hydrogen) atoms. The van der Waals surface area contributed by atoms with Crippen LogP contribution in [0.5, 0.6) is 5.75 Å². The van der Waals surface area contributed by atoms with Crippen LogP contribution in [0.25, 0.3) is 0 Å². The van der Waals surface area contributed by atoms with Crippen LogP contribution >= 0.6 is 0 Å². The Labute approximate surface area is 238 Å². The van der Waals surface area contributed by atoms with Crippen molar-refractivity contribution in [2.24, 2.45) is 0 Å². The first-order valence-electron chi connectivity index (χ1n) is 14.1. The molecule has 0 spiro atoms. The van der Waals surface area contributed by atoms with Gasteiger partial charge in [-0.2, -0.15) is 4.31 Å². The van der Waals surface area contributed by atoms with Crippen LogP contribution in [-0.4, -0.2) is 88.8 Å². The molecule has 220 valence electrons. The molecule has 1 amide bonds. The molecule has 4 rings (SSSR count). The lowest BCUT2D eigenvalue weighted by atomic mass is 10.1. The topological polar surface area (TPSA) is 97.4 Å². The summed E-state index contributed by atoms with van der Waals surface area (Å²) in [6.07, 6.45) is 1.66. The molecule has 0 aromatic heterocycles. The van der Waals surface area contributed by atoms with Gasteiger partial charge in [0.05, 0.1) is 37.9 Å². The van der Waals surface area contributed by atoms with Gasteiger partial charge in [0.25, 0.3) is 0 Å². The first kappa shape index (κ1) is 30.5. The van der Waals surface area contributed by atoms with Crippen molar-refractivity contribution in [3.8, 4) is 5.75 Å². The predicted octanol–water partition coefficient (Wildman–Crippen LogP) is 3.45. The minimum atomic E-state index is -3.76. The molecular formula is C30H43N3O6S. The SMILES string of the molecule is COc1cc(C)c(S(=O)(=O)N2CCCCC2COC(C)C(=O)NC(CN2CCOCC2)c2ccccc2)c(C)c1. The van der Waals surface area contributed by atoms with Gasteiger partial charge in [0, 0.05) is 32.2 Å². The first-order chi connectivity index (χ1) is 19.2. The molecule has 9 nitrogen and oxygen atoms in total. The van der Waals surface area contributed by atoms with E-state index in [2.05, 4.69) is 10.2 Å². The van der Waals surface area contributed by atoms with E-state index in [0.717, 1.165) is 31.5 Å². The van der Waals surface area contributed by atoms with E-state index in [1.165, 1.54) is 0 Å². The Balaban J connectivity index is 1.42. The monoisotopic (exact) mass is 573 g/mol. The van der Waals surface area contributed by atoms with Crippen LogP contribution in [0, 0.1) is 13.8 Å². The number of methoxy groups -OCH3 is 1. The number of hydrogen-bond donors (Lipinski definition) is 1. The van der Waals surface area contributed by atoms with E-state index in [1.807, 2.05) is 30.3 Å². The van der Waals surface area contributed by atoms with E-state index in [1.54, 1.807) is 44.3 Å². The number of carbonyl (C=O) groups is 1. The van der Waals surface area contributed by atoms with Crippen molar-refractivity contribution >= 4 is 15.9 Å². The third-order valence-electron chi connectivity index (χ3n) is 7.78. The number of hydrogen-bond acceptors (Lipinski definition) is 7. The van der Waals surface area contributed by atoms with Crippen LogP contribution < -0.4 is 10.1 Å². The average Bonchev–Trinajstić information content (AvgIpc) is 2.96. The Morgan fingerprint density at radius 3 is 2.40 bits per heavy atom. The van der Waals surface area contributed by atoms with Crippen molar-refractivity contribution in [1.82, 2.24) is 14.5 Å². The standard InChI is InChI=1S/C30H43N3O6S/c1-22-18-27(37-4)19-23(2)29(22)40(35,36)33-13-9-8-12-26(33)21-39-24(3)30(34)31-28(25-10-6-5-7-11-25)20-32-14-16-38-17-15-32/h5-7,10-11,18-19,24,26,28H,8-9,12-17,20-21H2,1-4H3,(H,31,34). The van der Waals surface area contributed by atoms with E-state index < -0.39 is 16.1 Å². The molecule has 0 bridgehead atoms. The van der Waals surface area contributed by atoms with Crippen molar-refractivity contribution in [2.75, 3.05) is 53.1 Å². The number of ether oxygens (including phenoxy) is 3. The summed E-state index contributed by atoms with van der Waals surface area (Å²) in [6.45, 7) is 9.60. The second-order valence-electron chi connectivity index (χ2n) is 10.7. The lowest BCUT2D eigenvalue weighted by molar-refractivity contribution is -0.133. The molecule has 3 unspecified atom stereocenters. The van der Waals surface area contributed by atoms with Crippen LogP contribution in [0.4, 0.5) is 0 Å². The summed E-state index contributed by atoms with van der Waals surface area (Å²) in [6, 6.07) is 12.9. The van der Waals surface area contributed by atoms with E-state index in [4.69, 9.17) is 14.2 Å². The minimum absolute atomic E-state index is 0.154. The highest BCUT2D eigenvalue weighted by Gasteiger charge is 2.36. The van der Waals surface area contributed by atoms with Crippen LogP contribution in [0.1, 0.15) is 48.9 Å². The van der Waals surface area contributed by atoms with Crippen LogP contribution in [0.15, 0.2) is 47.4 Å². The van der Waals surface area contributed by atoms with Crippen molar-refractivity contribution in [2.45, 2.75) is 63.1 Å². The number of nitrogens with zero attached hydrogens (tertiary/aromatic N) is 2. The molecule has 0 aliphatic carbocycles. The fraction of sp³-hybridized carbons (Fsp3) is 0.567. The number of sulfonamides is 1. The summed E-state index contributed by atoms with van der Waals surface area (Å²) in [5.41, 5.74) is 2.34. The number of morpholine rings is 1. The van der Waals surface area contributed by atoms with Gasteiger partial charge in [0.1, 0.15) is 11.9 Å².